The van der Waals surface area contributed by atoms with Crippen LogP contribution >= 0.6 is 0 Å². The predicted octanol–water partition coefficient (Wildman–Crippen LogP) is 3.34. The first-order valence-corrected chi connectivity index (χ1v) is 6.82. The van der Waals surface area contributed by atoms with Gasteiger partial charge < -0.3 is 10.1 Å². The lowest BCUT2D eigenvalue weighted by atomic mass is 10.1. The van der Waals surface area contributed by atoms with Gasteiger partial charge in [-0.15, -0.1) is 0 Å². The van der Waals surface area contributed by atoms with Gasteiger partial charge in [-0.05, 0) is 23.8 Å². The van der Waals surface area contributed by atoms with Crippen molar-refractivity contribution in [3.63, 3.8) is 0 Å². The van der Waals surface area contributed by atoms with Gasteiger partial charge in [-0.1, -0.05) is 36.4 Å². The molecule has 0 saturated carbocycles. The Balaban J connectivity index is 1.76. The molecule has 5 heteroatoms. The molecule has 0 spiro atoms. The van der Waals surface area contributed by atoms with Crippen molar-refractivity contribution in [3.05, 3.63) is 66.2 Å². The number of H-pyrrole nitrogens is 1. The Morgan fingerprint density at radius 1 is 1.09 bits per heavy atom. The van der Waals surface area contributed by atoms with E-state index < -0.39 is 0 Å². The Bertz CT molecular complexity index is 781. The number of carbonyl (C=O) groups excluding carboxylic acids is 1. The summed E-state index contributed by atoms with van der Waals surface area (Å²) in [5, 5.41) is 9.79. The molecule has 0 radical (unpaired) electrons. The Morgan fingerprint density at radius 3 is 2.68 bits per heavy atom. The Hall–Kier alpha value is -3.08. The lowest BCUT2D eigenvalue weighted by Crippen LogP contribution is -2.12. The molecule has 0 saturated heterocycles. The molecule has 2 aromatic carbocycles. The average molecular weight is 293 g/mol. The Labute approximate surface area is 127 Å². The normalized spacial score (nSPS) is 10.2. The van der Waals surface area contributed by atoms with E-state index in [4.69, 9.17) is 4.74 Å². The topological polar surface area (TPSA) is 67.0 Å². The lowest BCUT2D eigenvalue weighted by molar-refractivity contribution is 0.102. The molecule has 110 valence electrons. The van der Waals surface area contributed by atoms with E-state index in [-0.39, 0.29) is 5.91 Å². The number of hydrogen-bond donors (Lipinski definition) is 2. The number of methoxy groups -OCH3 is 1. The highest BCUT2D eigenvalue weighted by Gasteiger charge is 2.10. The van der Waals surface area contributed by atoms with Gasteiger partial charge >= 0.3 is 0 Å². The van der Waals surface area contributed by atoms with Crippen molar-refractivity contribution >= 4 is 11.7 Å². The van der Waals surface area contributed by atoms with Crippen LogP contribution in [0.2, 0.25) is 0 Å². The number of aromatic nitrogens is 2. The smallest absolute Gasteiger partial charge is 0.256 e. The van der Waals surface area contributed by atoms with Gasteiger partial charge in [0, 0.05) is 11.6 Å². The molecule has 22 heavy (non-hydrogen) atoms. The van der Waals surface area contributed by atoms with E-state index in [2.05, 4.69) is 15.5 Å². The van der Waals surface area contributed by atoms with E-state index in [1.54, 1.807) is 37.4 Å². The van der Waals surface area contributed by atoms with E-state index >= 15 is 0 Å². The predicted molar refractivity (Wildman–Crippen MR) is 85.0 cm³/mol. The number of ether oxygens (including phenoxy) is 1. The van der Waals surface area contributed by atoms with Crippen molar-refractivity contribution < 1.29 is 9.53 Å². The third-order valence-corrected chi connectivity index (χ3v) is 3.24. The number of carbonyl (C=O) groups is 1. The third kappa shape index (κ3) is 2.98. The maximum Gasteiger partial charge on any atom is 0.256 e. The second kappa shape index (κ2) is 6.13. The number of rotatable bonds is 4. The number of amides is 1. The van der Waals surface area contributed by atoms with Gasteiger partial charge in [0.15, 0.2) is 5.82 Å². The molecule has 0 aliphatic rings. The second-order valence-corrected chi connectivity index (χ2v) is 4.72. The molecule has 2 N–H and O–H groups in total. The van der Waals surface area contributed by atoms with Crippen molar-refractivity contribution in [3.8, 4) is 17.0 Å². The largest absolute Gasteiger partial charge is 0.497 e. The summed E-state index contributed by atoms with van der Waals surface area (Å²) in [6, 6.07) is 18.6. The summed E-state index contributed by atoms with van der Waals surface area (Å²) in [5.41, 5.74) is 2.38. The highest BCUT2D eigenvalue weighted by molar-refractivity contribution is 6.04. The standard InChI is InChI=1S/C17H15N3O2/c1-22-14-9-5-8-13(10-14)17(21)18-16-11-15(19-20-16)12-6-3-2-4-7-12/h2-11H,1H3,(H2,18,19,20,21). The van der Waals surface area contributed by atoms with Crippen LogP contribution in [0, 0.1) is 0 Å². The molecule has 0 aliphatic carbocycles. The van der Waals surface area contributed by atoms with E-state index in [0.29, 0.717) is 17.1 Å². The minimum absolute atomic E-state index is 0.231. The summed E-state index contributed by atoms with van der Waals surface area (Å²) in [4.78, 5) is 12.2. The molecule has 1 amide bonds. The molecular formula is C17H15N3O2. The molecular weight excluding hydrogens is 278 g/mol. The Morgan fingerprint density at radius 2 is 1.91 bits per heavy atom. The van der Waals surface area contributed by atoms with Gasteiger partial charge in [0.2, 0.25) is 0 Å². The zero-order valence-electron chi connectivity index (χ0n) is 12.0. The first kappa shape index (κ1) is 13.9. The maximum absolute atomic E-state index is 12.2. The van der Waals surface area contributed by atoms with Crippen LogP contribution in [-0.2, 0) is 0 Å². The second-order valence-electron chi connectivity index (χ2n) is 4.72. The summed E-state index contributed by atoms with van der Waals surface area (Å²) in [7, 11) is 1.57. The van der Waals surface area contributed by atoms with Gasteiger partial charge in [-0.2, -0.15) is 5.10 Å². The van der Waals surface area contributed by atoms with Gasteiger partial charge in [0.05, 0.1) is 12.8 Å². The van der Waals surface area contributed by atoms with Crippen molar-refractivity contribution in [2.24, 2.45) is 0 Å². The van der Waals surface area contributed by atoms with Gasteiger partial charge in [0.25, 0.3) is 5.91 Å². The van der Waals surface area contributed by atoms with E-state index in [1.807, 2.05) is 30.3 Å². The van der Waals surface area contributed by atoms with Crippen molar-refractivity contribution in [1.29, 1.82) is 0 Å². The van der Waals surface area contributed by atoms with Gasteiger partial charge in [-0.25, -0.2) is 0 Å². The zero-order valence-corrected chi connectivity index (χ0v) is 12.0. The molecule has 1 heterocycles. The quantitative estimate of drug-likeness (QED) is 0.775. The number of hydrogen-bond acceptors (Lipinski definition) is 3. The first-order chi connectivity index (χ1) is 10.8. The minimum Gasteiger partial charge on any atom is -0.497 e. The summed E-state index contributed by atoms with van der Waals surface area (Å²) < 4.78 is 5.12. The van der Waals surface area contributed by atoms with Crippen LogP contribution in [0.5, 0.6) is 5.75 Å². The molecule has 0 fully saturated rings. The molecule has 3 rings (SSSR count). The van der Waals surface area contributed by atoms with Crippen molar-refractivity contribution in [2.45, 2.75) is 0 Å². The average Bonchev–Trinajstić information content (AvgIpc) is 3.04. The van der Waals surface area contributed by atoms with Crippen LogP contribution in [-0.4, -0.2) is 23.2 Å². The fraction of sp³-hybridized carbons (Fsp3) is 0.0588. The van der Waals surface area contributed by atoms with Crippen LogP contribution in [0.4, 0.5) is 5.82 Å². The fourth-order valence-corrected chi connectivity index (χ4v) is 2.10. The fourth-order valence-electron chi connectivity index (χ4n) is 2.10. The van der Waals surface area contributed by atoms with Crippen molar-refractivity contribution in [1.82, 2.24) is 10.2 Å². The van der Waals surface area contributed by atoms with Crippen molar-refractivity contribution in [2.75, 3.05) is 12.4 Å². The lowest BCUT2D eigenvalue weighted by Gasteiger charge is -2.04. The summed E-state index contributed by atoms with van der Waals surface area (Å²) >= 11 is 0. The van der Waals surface area contributed by atoms with Crippen LogP contribution in [0.25, 0.3) is 11.3 Å². The Kier molecular flexibility index (Phi) is 3.87. The molecule has 1 aromatic heterocycles. The molecule has 0 unspecified atom stereocenters. The summed E-state index contributed by atoms with van der Waals surface area (Å²) in [6.45, 7) is 0. The number of aromatic amines is 1. The SMILES string of the molecule is COc1cccc(C(=O)Nc2cc(-c3ccccc3)[nH]n2)c1. The maximum atomic E-state index is 12.2. The highest BCUT2D eigenvalue weighted by Crippen LogP contribution is 2.20. The number of nitrogens with one attached hydrogen (secondary N) is 2. The summed E-state index contributed by atoms with van der Waals surface area (Å²) in [6.07, 6.45) is 0. The van der Waals surface area contributed by atoms with Crippen LogP contribution in [0.3, 0.4) is 0 Å². The molecule has 5 nitrogen and oxygen atoms in total. The number of nitrogens with zero attached hydrogens (tertiary/aromatic N) is 1. The van der Waals surface area contributed by atoms with E-state index in [0.717, 1.165) is 11.3 Å². The van der Waals surface area contributed by atoms with E-state index in [9.17, 15) is 4.79 Å². The van der Waals surface area contributed by atoms with Gasteiger partial charge in [-0.3, -0.25) is 9.89 Å². The van der Waals surface area contributed by atoms with E-state index in [1.165, 1.54) is 0 Å². The zero-order chi connectivity index (χ0) is 15.4. The first-order valence-electron chi connectivity index (χ1n) is 6.82. The highest BCUT2D eigenvalue weighted by atomic mass is 16.5. The molecule has 3 aromatic rings. The summed E-state index contributed by atoms with van der Waals surface area (Å²) in [5.74, 6) is 0.885. The monoisotopic (exact) mass is 293 g/mol. The number of benzene rings is 2. The van der Waals surface area contributed by atoms with Gasteiger partial charge in [0.1, 0.15) is 5.75 Å². The third-order valence-electron chi connectivity index (χ3n) is 3.24. The number of anilines is 1. The minimum atomic E-state index is -0.231. The molecule has 0 atom stereocenters. The van der Waals surface area contributed by atoms with Crippen LogP contribution < -0.4 is 10.1 Å². The molecule has 0 bridgehead atoms. The molecule has 0 aliphatic heterocycles. The van der Waals surface area contributed by atoms with Crippen LogP contribution in [0.1, 0.15) is 10.4 Å². The van der Waals surface area contributed by atoms with Crippen LogP contribution in [0.15, 0.2) is 60.7 Å².